The molecule has 1 N–H and O–H groups in total. The van der Waals surface area contributed by atoms with E-state index in [0.717, 1.165) is 22.5 Å². The van der Waals surface area contributed by atoms with Crippen LogP contribution in [0.2, 0.25) is 0 Å². The molecule has 20 heavy (non-hydrogen) atoms. The van der Waals surface area contributed by atoms with Crippen LogP contribution in [0.15, 0.2) is 17.1 Å². The topological polar surface area (TPSA) is 58.6 Å². The van der Waals surface area contributed by atoms with Crippen molar-refractivity contribution in [2.24, 2.45) is 0 Å². The molecule has 4 nitrogen and oxygen atoms in total. The molecule has 0 atom stereocenters. The number of nitrogens with one attached hydrogen (secondary N) is 1. The zero-order valence-corrected chi connectivity index (χ0v) is 14.5. The summed E-state index contributed by atoms with van der Waals surface area (Å²) in [5.41, 5.74) is 3.35. The fourth-order valence-electron chi connectivity index (χ4n) is 2.03. The van der Waals surface area contributed by atoms with E-state index in [9.17, 15) is 4.79 Å². The Balaban J connectivity index is 2.70. The van der Waals surface area contributed by atoms with Crippen LogP contribution in [0.5, 0.6) is 0 Å². The van der Waals surface area contributed by atoms with Crippen LogP contribution in [0, 0.1) is 17.4 Å². The highest BCUT2D eigenvalue weighted by Gasteiger charge is 2.22. The lowest BCUT2D eigenvalue weighted by atomic mass is 9.92. The molecule has 0 aliphatic rings. The number of H-pyrrole nitrogens is 1. The van der Waals surface area contributed by atoms with E-state index >= 15 is 0 Å². The summed E-state index contributed by atoms with van der Waals surface area (Å²) in [6, 6.07) is 2.04. The zero-order chi connectivity index (χ0) is 15.1. The molecule has 0 saturated heterocycles. The van der Waals surface area contributed by atoms with Gasteiger partial charge >= 0.3 is 0 Å². The van der Waals surface area contributed by atoms with Gasteiger partial charge in [-0.1, -0.05) is 26.8 Å². The first-order valence-electron chi connectivity index (χ1n) is 6.44. The number of aromatic amines is 1. The molecule has 0 saturated carbocycles. The number of pyridine rings is 1. The van der Waals surface area contributed by atoms with Crippen LogP contribution in [0.3, 0.4) is 0 Å². The van der Waals surface area contributed by atoms with Crippen LogP contribution < -0.4 is 5.56 Å². The molecule has 0 aliphatic carbocycles. The summed E-state index contributed by atoms with van der Waals surface area (Å²) in [6.45, 7) is 10.1. The van der Waals surface area contributed by atoms with Crippen molar-refractivity contribution in [2.75, 3.05) is 0 Å². The molecule has 0 unspecified atom stereocenters. The predicted molar refractivity (Wildman–Crippen MR) is 89.0 cm³/mol. The Hall–Kier alpha value is -1.24. The summed E-state index contributed by atoms with van der Waals surface area (Å²) in [5, 5.41) is 0. The van der Waals surface area contributed by atoms with Gasteiger partial charge in [0.15, 0.2) is 5.82 Å². The van der Waals surface area contributed by atoms with Crippen molar-refractivity contribution < 1.29 is 0 Å². The highest BCUT2D eigenvalue weighted by molar-refractivity contribution is 14.1. The lowest BCUT2D eigenvalue weighted by Gasteiger charge is -2.19. The highest BCUT2D eigenvalue weighted by Crippen LogP contribution is 2.25. The molecule has 0 aromatic carbocycles. The maximum atomic E-state index is 12.1. The molecule has 2 aromatic rings. The summed E-state index contributed by atoms with van der Waals surface area (Å²) >= 11 is 2.05. The summed E-state index contributed by atoms with van der Waals surface area (Å²) in [7, 11) is 0. The number of hydrogen-bond donors (Lipinski definition) is 1. The fourth-order valence-corrected chi connectivity index (χ4v) is 3.10. The van der Waals surface area contributed by atoms with E-state index in [-0.39, 0.29) is 11.0 Å². The van der Waals surface area contributed by atoms with Gasteiger partial charge in [-0.05, 0) is 47.6 Å². The second kappa shape index (κ2) is 5.27. The maximum absolute atomic E-state index is 12.1. The van der Waals surface area contributed by atoms with Crippen molar-refractivity contribution in [3.63, 3.8) is 0 Å². The largest absolute Gasteiger partial charge is 0.304 e. The normalized spacial score (nSPS) is 11.7. The SMILES string of the molecule is Cc1cnc(-c2nc(C(C)(C)C)c(I)c(=O)[nH]2)c(C)c1. The molecule has 2 aromatic heterocycles. The van der Waals surface area contributed by atoms with Crippen molar-refractivity contribution in [3.05, 3.63) is 43.0 Å². The van der Waals surface area contributed by atoms with E-state index < -0.39 is 0 Å². The van der Waals surface area contributed by atoms with Gasteiger partial charge in [-0.25, -0.2) is 4.98 Å². The Morgan fingerprint density at radius 1 is 1.25 bits per heavy atom. The number of nitrogens with zero attached hydrogens (tertiary/aromatic N) is 2. The molecule has 2 rings (SSSR count). The van der Waals surface area contributed by atoms with E-state index in [1.807, 2.05) is 19.9 Å². The van der Waals surface area contributed by atoms with Gasteiger partial charge in [-0.15, -0.1) is 0 Å². The van der Waals surface area contributed by atoms with Crippen molar-refractivity contribution in [1.29, 1.82) is 0 Å². The van der Waals surface area contributed by atoms with Crippen molar-refractivity contribution in [2.45, 2.75) is 40.0 Å². The zero-order valence-electron chi connectivity index (χ0n) is 12.3. The van der Waals surface area contributed by atoms with Gasteiger partial charge in [-0.2, -0.15) is 0 Å². The van der Waals surface area contributed by atoms with Crippen molar-refractivity contribution in [1.82, 2.24) is 15.0 Å². The molecular weight excluding hydrogens is 365 g/mol. The van der Waals surface area contributed by atoms with Crippen molar-refractivity contribution >= 4 is 22.6 Å². The summed E-state index contributed by atoms with van der Waals surface area (Å²) in [4.78, 5) is 24.0. The van der Waals surface area contributed by atoms with Gasteiger partial charge in [0, 0.05) is 11.6 Å². The highest BCUT2D eigenvalue weighted by atomic mass is 127. The second-order valence-corrected chi connectivity index (χ2v) is 7.08. The lowest BCUT2D eigenvalue weighted by molar-refractivity contribution is 0.562. The number of hydrogen-bond acceptors (Lipinski definition) is 3. The van der Waals surface area contributed by atoms with E-state index in [1.54, 1.807) is 6.20 Å². The molecule has 0 bridgehead atoms. The van der Waals surface area contributed by atoms with Gasteiger partial charge in [0.05, 0.1) is 5.69 Å². The molecule has 5 heteroatoms. The lowest BCUT2D eigenvalue weighted by Crippen LogP contribution is -2.24. The first-order valence-corrected chi connectivity index (χ1v) is 7.52. The van der Waals surface area contributed by atoms with Crippen LogP contribution in [-0.4, -0.2) is 15.0 Å². The van der Waals surface area contributed by atoms with E-state index in [4.69, 9.17) is 0 Å². The molecule has 0 fully saturated rings. The van der Waals surface area contributed by atoms with Gasteiger partial charge in [0.1, 0.15) is 9.26 Å². The summed E-state index contributed by atoms with van der Waals surface area (Å²) in [6.07, 6.45) is 1.79. The van der Waals surface area contributed by atoms with Crippen LogP contribution >= 0.6 is 22.6 Å². The number of halogens is 1. The number of aryl methyl sites for hydroxylation is 2. The van der Waals surface area contributed by atoms with Crippen LogP contribution in [0.4, 0.5) is 0 Å². The third kappa shape index (κ3) is 2.92. The molecule has 0 radical (unpaired) electrons. The fraction of sp³-hybridized carbons (Fsp3) is 0.400. The monoisotopic (exact) mass is 383 g/mol. The summed E-state index contributed by atoms with van der Waals surface area (Å²) < 4.78 is 0.642. The van der Waals surface area contributed by atoms with Crippen molar-refractivity contribution in [3.8, 4) is 11.5 Å². The second-order valence-electron chi connectivity index (χ2n) is 6.01. The molecule has 106 valence electrons. The Morgan fingerprint density at radius 2 is 1.90 bits per heavy atom. The van der Waals surface area contributed by atoms with Gasteiger partial charge in [0.25, 0.3) is 5.56 Å². The first kappa shape index (κ1) is 15.2. The first-order chi connectivity index (χ1) is 9.20. The Bertz CT molecular complexity index is 714. The molecule has 0 amide bonds. The minimum atomic E-state index is -0.182. The Morgan fingerprint density at radius 3 is 2.45 bits per heavy atom. The molecular formula is C15H18IN3O. The Labute approximate surface area is 132 Å². The molecule has 2 heterocycles. The maximum Gasteiger partial charge on any atom is 0.264 e. The summed E-state index contributed by atoms with van der Waals surface area (Å²) in [5.74, 6) is 0.540. The van der Waals surface area contributed by atoms with E-state index in [1.165, 1.54) is 0 Å². The molecule has 0 spiro atoms. The number of rotatable bonds is 1. The van der Waals surface area contributed by atoms with Gasteiger partial charge in [-0.3, -0.25) is 9.78 Å². The average molecular weight is 383 g/mol. The third-order valence-corrected chi connectivity index (χ3v) is 4.01. The third-order valence-electron chi connectivity index (χ3n) is 3.01. The van der Waals surface area contributed by atoms with Gasteiger partial charge < -0.3 is 4.98 Å². The smallest absolute Gasteiger partial charge is 0.264 e. The van der Waals surface area contributed by atoms with Crippen LogP contribution in [0.25, 0.3) is 11.5 Å². The van der Waals surface area contributed by atoms with E-state index in [2.05, 4.69) is 58.3 Å². The standard InChI is InChI=1S/C15H18IN3O/c1-8-6-9(2)11(17-7-8)13-18-12(15(3,4)5)10(16)14(20)19-13/h6-7H,1-5H3,(H,18,19,20). The van der Waals surface area contributed by atoms with Crippen LogP contribution in [-0.2, 0) is 5.41 Å². The quantitative estimate of drug-likeness (QED) is 0.769. The van der Waals surface area contributed by atoms with Crippen LogP contribution in [0.1, 0.15) is 37.6 Å². The van der Waals surface area contributed by atoms with Gasteiger partial charge in [0.2, 0.25) is 0 Å². The predicted octanol–water partition coefficient (Wildman–Crippen LogP) is 3.35. The Kier molecular flexibility index (Phi) is 4.00. The molecule has 0 aliphatic heterocycles. The average Bonchev–Trinajstić information content (AvgIpc) is 2.31. The minimum absolute atomic E-state index is 0.109. The number of aromatic nitrogens is 3. The van der Waals surface area contributed by atoms with E-state index in [0.29, 0.717) is 9.39 Å². The minimum Gasteiger partial charge on any atom is -0.304 e.